The number of allylic oxidation sites excluding steroid dienone is 4. The van der Waals surface area contributed by atoms with Crippen LogP contribution in [0.5, 0.6) is 0 Å². The maximum absolute atomic E-state index is 2.27. The Balaban J connectivity index is 2.22. The van der Waals surface area contributed by atoms with Crippen LogP contribution in [0.3, 0.4) is 0 Å². The summed E-state index contributed by atoms with van der Waals surface area (Å²) in [5.41, 5.74) is 4.44. The van der Waals surface area contributed by atoms with Crippen molar-refractivity contribution in [2.24, 2.45) is 0 Å². The summed E-state index contributed by atoms with van der Waals surface area (Å²) in [4.78, 5) is 0. The molecule has 1 aromatic carbocycles. The van der Waals surface area contributed by atoms with Crippen LogP contribution in [-0.4, -0.2) is 0 Å². The zero-order valence-corrected chi connectivity index (χ0v) is 9.37. The molecule has 0 saturated carbocycles. The zero-order valence-electron chi connectivity index (χ0n) is 9.37. The van der Waals surface area contributed by atoms with E-state index in [-0.39, 0.29) is 0 Å². The zero-order chi connectivity index (χ0) is 10.5. The molecule has 0 spiro atoms. The van der Waals surface area contributed by atoms with Crippen molar-refractivity contribution < 1.29 is 0 Å². The van der Waals surface area contributed by atoms with Gasteiger partial charge in [0.2, 0.25) is 0 Å². The van der Waals surface area contributed by atoms with Gasteiger partial charge in [-0.25, -0.2) is 0 Å². The first kappa shape index (κ1) is 10.2. The van der Waals surface area contributed by atoms with Crippen molar-refractivity contribution in [1.29, 1.82) is 0 Å². The second kappa shape index (κ2) is 4.97. The molecule has 1 aliphatic carbocycles. The molecule has 0 aromatic heterocycles. The maximum atomic E-state index is 2.27. The molecule has 0 bridgehead atoms. The van der Waals surface area contributed by atoms with Gasteiger partial charge in [-0.1, -0.05) is 55.8 Å². The summed E-state index contributed by atoms with van der Waals surface area (Å²) in [5.74, 6) is 0. The van der Waals surface area contributed by atoms with E-state index >= 15 is 0 Å². The second-order valence-electron chi connectivity index (χ2n) is 4.08. The molecule has 0 nitrogen and oxygen atoms in total. The fourth-order valence-corrected chi connectivity index (χ4v) is 2.07. The van der Waals surface area contributed by atoms with Crippen molar-refractivity contribution in [3.63, 3.8) is 0 Å². The van der Waals surface area contributed by atoms with Crippen molar-refractivity contribution >= 4 is 5.57 Å². The highest BCUT2D eigenvalue weighted by molar-refractivity contribution is 5.72. The van der Waals surface area contributed by atoms with Crippen molar-refractivity contribution in [2.45, 2.75) is 32.6 Å². The molecule has 0 N–H and O–H groups in total. The Morgan fingerprint density at radius 2 is 2.07 bits per heavy atom. The molecular weight excluding hydrogens is 180 g/mol. The van der Waals surface area contributed by atoms with E-state index < -0.39 is 0 Å². The minimum Gasteiger partial charge on any atom is -0.0801 e. The molecular formula is C15H18. The molecule has 0 saturated heterocycles. The van der Waals surface area contributed by atoms with E-state index in [4.69, 9.17) is 0 Å². The quantitative estimate of drug-likeness (QED) is 0.673. The molecule has 78 valence electrons. The van der Waals surface area contributed by atoms with Crippen molar-refractivity contribution in [1.82, 2.24) is 0 Å². The van der Waals surface area contributed by atoms with Gasteiger partial charge in [0.25, 0.3) is 0 Å². The molecule has 2 rings (SSSR count). The van der Waals surface area contributed by atoms with Gasteiger partial charge in [-0.2, -0.15) is 0 Å². The minimum atomic E-state index is 1.10. The Labute approximate surface area is 92.3 Å². The minimum absolute atomic E-state index is 1.10. The van der Waals surface area contributed by atoms with E-state index in [0.29, 0.717) is 0 Å². The molecule has 0 aliphatic heterocycles. The van der Waals surface area contributed by atoms with Crippen LogP contribution in [0.2, 0.25) is 0 Å². The molecule has 1 aliphatic rings. The third-order valence-corrected chi connectivity index (χ3v) is 2.93. The lowest BCUT2D eigenvalue weighted by atomic mass is 9.96. The average Bonchev–Trinajstić information content (AvgIpc) is 2.80. The van der Waals surface area contributed by atoms with Crippen molar-refractivity contribution in [2.75, 3.05) is 0 Å². The highest BCUT2D eigenvalue weighted by Gasteiger charge is 2.07. The standard InChI is InChI=1S/C15H18/c1-2-3-8-13-11-6-7-12-15(13)14-9-4-5-10-14/h4-7,9,11-12H,2-3,8,10H2,1H3. The Morgan fingerprint density at radius 3 is 2.80 bits per heavy atom. The first-order valence-electron chi connectivity index (χ1n) is 5.86. The van der Waals surface area contributed by atoms with Gasteiger partial charge in [0.1, 0.15) is 0 Å². The molecule has 0 heteroatoms. The van der Waals surface area contributed by atoms with E-state index in [1.807, 2.05) is 0 Å². The number of benzene rings is 1. The van der Waals surface area contributed by atoms with Crippen LogP contribution in [0.4, 0.5) is 0 Å². The fraction of sp³-hybridized carbons (Fsp3) is 0.333. The van der Waals surface area contributed by atoms with Gasteiger partial charge in [0.05, 0.1) is 0 Å². The topological polar surface area (TPSA) is 0 Å². The summed E-state index contributed by atoms with van der Waals surface area (Å²) in [6.45, 7) is 2.25. The van der Waals surface area contributed by atoms with E-state index in [0.717, 1.165) is 6.42 Å². The number of aryl methyl sites for hydroxylation is 1. The summed E-state index contributed by atoms with van der Waals surface area (Å²) in [6, 6.07) is 8.81. The van der Waals surface area contributed by atoms with Crippen molar-refractivity contribution in [3.05, 3.63) is 53.6 Å². The molecule has 0 heterocycles. The SMILES string of the molecule is CCCCc1ccccc1C1=CC=CC1. The molecule has 0 amide bonds. The Kier molecular flexibility index (Phi) is 3.39. The van der Waals surface area contributed by atoms with Crippen LogP contribution in [-0.2, 0) is 6.42 Å². The third-order valence-electron chi connectivity index (χ3n) is 2.93. The van der Waals surface area contributed by atoms with Crippen LogP contribution >= 0.6 is 0 Å². The van der Waals surface area contributed by atoms with E-state index in [2.05, 4.69) is 49.4 Å². The molecule has 0 unspecified atom stereocenters. The first-order chi connectivity index (χ1) is 7.42. The summed E-state index contributed by atoms with van der Waals surface area (Å²) in [6.07, 6.45) is 11.5. The predicted octanol–water partition coefficient (Wildman–Crippen LogP) is 4.37. The lowest BCUT2D eigenvalue weighted by Crippen LogP contribution is -1.92. The lowest BCUT2D eigenvalue weighted by Gasteiger charge is -2.09. The average molecular weight is 198 g/mol. The fourth-order valence-electron chi connectivity index (χ4n) is 2.07. The maximum Gasteiger partial charge on any atom is -0.00883 e. The summed E-state index contributed by atoms with van der Waals surface area (Å²) in [7, 11) is 0. The third kappa shape index (κ3) is 2.38. The van der Waals surface area contributed by atoms with Gasteiger partial charge in [-0.3, -0.25) is 0 Å². The van der Waals surface area contributed by atoms with Crippen molar-refractivity contribution in [3.8, 4) is 0 Å². The predicted molar refractivity (Wildman–Crippen MR) is 66.8 cm³/mol. The molecule has 15 heavy (non-hydrogen) atoms. The van der Waals surface area contributed by atoms with Crippen LogP contribution in [0.1, 0.15) is 37.3 Å². The van der Waals surface area contributed by atoms with E-state index in [9.17, 15) is 0 Å². The van der Waals surface area contributed by atoms with Gasteiger partial charge in [0, 0.05) is 0 Å². The second-order valence-corrected chi connectivity index (χ2v) is 4.08. The Morgan fingerprint density at radius 1 is 1.20 bits per heavy atom. The Hall–Kier alpha value is -1.30. The molecule has 0 radical (unpaired) electrons. The summed E-state index contributed by atoms with van der Waals surface area (Å²) >= 11 is 0. The van der Waals surface area contributed by atoms with Gasteiger partial charge in [-0.15, -0.1) is 0 Å². The molecule has 0 fully saturated rings. The normalized spacial score (nSPS) is 14.3. The highest BCUT2D eigenvalue weighted by Crippen LogP contribution is 2.26. The summed E-state index contributed by atoms with van der Waals surface area (Å²) < 4.78 is 0. The number of hydrogen-bond acceptors (Lipinski definition) is 0. The largest absolute Gasteiger partial charge is 0.0801 e. The van der Waals surface area contributed by atoms with Gasteiger partial charge < -0.3 is 0 Å². The molecule has 1 aromatic rings. The number of rotatable bonds is 4. The van der Waals surface area contributed by atoms with Crippen LogP contribution in [0, 0.1) is 0 Å². The Bertz CT molecular complexity index is 383. The number of hydrogen-bond donors (Lipinski definition) is 0. The smallest absolute Gasteiger partial charge is 0.00883 e. The monoisotopic (exact) mass is 198 g/mol. The van der Waals surface area contributed by atoms with Crippen LogP contribution < -0.4 is 0 Å². The van der Waals surface area contributed by atoms with Crippen LogP contribution in [0.15, 0.2) is 42.5 Å². The number of unbranched alkanes of at least 4 members (excludes halogenated alkanes) is 1. The van der Waals surface area contributed by atoms with E-state index in [1.165, 1.54) is 36.0 Å². The highest BCUT2D eigenvalue weighted by atomic mass is 14.1. The van der Waals surface area contributed by atoms with Gasteiger partial charge >= 0.3 is 0 Å². The summed E-state index contributed by atoms with van der Waals surface area (Å²) in [5, 5.41) is 0. The molecule has 0 atom stereocenters. The van der Waals surface area contributed by atoms with Gasteiger partial charge in [-0.05, 0) is 36.0 Å². The van der Waals surface area contributed by atoms with Crippen LogP contribution in [0.25, 0.3) is 5.57 Å². The first-order valence-corrected chi connectivity index (χ1v) is 5.86. The lowest BCUT2D eigenvalue weighted by molar-refractivity contribution is 0.793. The van der Waals surface area contributed by atoms with E-state index in [1.54, 1.807) is 0 Å². The van der Waals surface area contributed by atoms with Gasteiger partial charge in [0.15, 0.2) is 0 Å².